The molecule has 0 aliphatic carbocycles. The van der Waals surface area contributed by atoms with E-state index in [-0.39, 0.29) is 11.7 Å². The molecular weight excluding hydrogens is 423 g/mol. The molecule has 0 bridgehead atoms. The average molecular weight is 451 g/mol. The van der Waals surface area contributed by atoms with Gasteiger partial charge in [0.2, 0.25) is 0 Å². The molecule has 2 aromatic rings. The summed E-state index contributed by atoms with van der Waals surface area (Å²) < 4.78 is 39.6. The van der Waals surface area contributed by atoms with E-state index in [9.17, 15) is 18.3 Å². The van der Waals surface area contributed by atoms with Crippen LogP contribution in [-0.4, -0.2) is 57.4 Å². The first-order valence-corrected chi connectivity index (χ1v) is 11.8. The predicted octanol–water partition coefficient (Wildman–Crippen LogP) is 4.49. The molecule has 2 heterocycles. The Bertz CT molecular complexity index is 939. The highest BCUT2D eigenvalue weighted by atomic mass is 32.3. The minimum atomic E-state index is -3.45. The van der Waals surface area contributed by atoms with E-state index in [1.54, 1.807) is 34.6 Å². The van der Waals surface area contributed by atoms with E-state index >= 15 is 0 Å². The van der Waals surface area contributed by atoms with Crippen LogP contribution in [0.15, 0.2) is 48.5 Å². The number of nitrogens with zero attached hydrogens (tertiary/aromatic N) is 3. The normalized spacial score (nSPS) is 19.8. The number of rotatable bonds is 6. The van der Waals surface area contributed by atoms with Gasteiger partial charge in [-0.3, -0.25) is 13.4 Å². The number of halogens is 1. The zero-order valence-electron chi connectivity index (χ0n) is 17.0. The number of hydrogen-bond donors (Lipinski definition) is 4. The summed E-state index contributed by atoms with van der Waals surface area (Å²) in [7, 11) is -3.45. The molecule has 0 spiro atoms. The lowest BCUT2D eigenvalue weighted by atomic mass is 10.1. The molecule has 2 aliphatic rings. The summed E-state index contributed by atoms with van der Waals surface area (Å²) in [5.74, 6) is -0.517. The molecule has 0 radical (unpaired) electrons. The number of hydrogen-bond acceptors (Lipinski definition) is 6. The monoisotopic (exact) mass is 450 g/mol. The van der Waals surface area contributed by atoms with Crippen LogP contribution in [0.5, 0.6) is 0 Å². The van der Waals surface area contributed by atoms with Crippen molar-refractivity contribution in [3.63, 3.8) is 0 Å². The van der Waals surface area contributed by atoms with Gasteiger partial charge in [0, 0.05) is 25.7 Å². The lowest BCUT2D eigenvalue weighted by Gasteiger charge is -2.44. The van der Waals surface area contributed by atoms with Gasteiger partial charge in [-0.1, -0.05) is 24.3 Å². The van der Waals surface area contributed by atoms with Crippen LogP contribution in [0.4, 0.5) is 26.2 Å². The van der Waals surface area contributed by atoms with E-state index in [0.717, 1.165) is 32.5 Å². The summed E-state index contributed by atoms with van der Waals surface area (Å²) in [4.78, 5) is 13.0. The second-order valence-electron chi connectivity index (χ2n) is 7.75. The fraction of sp³-hybridized carbons (Fsp3) is 0.381. The Balaban J connectivity index is 1.43. The molecule has 1 amide bonds. The Morgan fingerprint density at radius 3 is 2.26 bits per heavy atom. The Labute approximate surface area is 182 Å². The smallest absolute Gasteiger partial charge is 0.404 e. The number of likely N-dealkylation sites (tertiary alicyclic amines) is 1. The van der Waals surface area contributed by atoms with Crippen molar-refractivity contribution in [2.45, 2.75) is 25.3 Å². The molecule has 0 atom stereocenters. The van der Waals surface area contributed by atoms with Gasteiger partial charge in [-0.05, 0) is 61.0 Å². The first-order chi connectivity index (χ1) is 14.9. The fourth-order valence-corrected chi connectivity index (χ4v) is 6.06. The number of benzene rings is 2. The number of carboxylic acid groups (broad SMARTS) is 1. The number of carbonyl (C=O) groups is 1. The first kappa shape index (κ1) is 21.7. The molecule has 2 aromatic carbocycles. The molecule has 0 unspecified atom stereocenters. The van der Waals surface area contributed by atoms with Gasteiger partial charge in [0.05, 0.1) is 11.4 Å². The van der Waals surface area contributed by atoms with Gasteiger partial charge in [-0.25, -0.2) is 13.5 Å². The number of anilines is 3. The maximum atomic E-state index is 14.5. The third kappa shape index (κ3) is 4.42. The number of para-hydroxylation sites is 3. The van der Waals surface area contributed by atoms with Crippen molar-refractivity contribution >= 4 is 34.1 Å². The van der Waals surface area contributed by atoms with Gasteiger partial charge in [-0.2, -0.15) is 0 Å². The van der Waals surface area contributed by atoms with E-state index < -0.39 is 22.9 Å². The fourth-order valence-electron chi connectivity index (χ4n) is 4.24. The van der Waals surface area contributed by atoms with E-state index in [1.807, 2.05) is 12.1 Å². The summed E-state index contributed by atoms with van der Waals surface area (Å²) in [6, 6.07) is 13.3. The minimum Gasteiger partial charge on any atom is -0.465 e. The molecule has 8 nitrogen and oxygen atoms in total. The number of fused-ring (bicyclic) bond motifs is 1. The maximum absolute atomic E-state index is 14.5. The second kappa shape index (κ2) is 8.91. The molecule has 168 valence electrons. The van der Waals surface area contributed by atoms with Gasteiger partial charge >= 0.3 is 6.09 Å². The van der Waals surface area contributed by atoms with Crippen molar-refractivity contribution in [2.24, 2.45) is 0 Å². The first-order valence-electron chi connectivity index (χ1n) is 10.3. The van der Waals surface area contributed by atoms with Gasteiger partial charge < -0.3 is 15.3 Å². The Morgan fingerprint density at radius 2 is 1.61 bits per heavy atom. The number of nitrogens with one attached hydrogen (secondary N) is 1. The van der Waals surface area contributed by atoms with Gasteiger partial charge in [0.25, 0.3) is 0 Å². The molecule has 10 heteroatoms. The van der Waals surface area contributed by atoms with Crippen LogP contribution in [0.3, 0.4) is 0 Å². The molecule has 4 N–H and O–H groups in total. The van der Waals surface area contributed by atoms with Gasteiger partial charge in [-0.15, -0.1) is 0 Å². The highest BCUT2D eigenvalue weighted by Crippen LogP contribution is 2.64. The van der Waals surface area contributed by atoms with Crippen LogP contribution in [0.2, 0.25) is 0 Å². The molecular formula is C21H27FN4O4S. The summed E-state index contributed by atoms with van der Waals surface area (Å²) >= 11 is 0. The van der Waals surface area contributed by atoms with Crippen molar-refractivity contribution in [2.75, 3.05) is 34.8 Å². The molecule has 31 heavy (non-hydrogen) atoms. The Kier molecular flexibility index (Phi) is 6.24. The van der Waals surface area contributed by atoms with Crippen LogP contribution < -0.4 is 13.9 Å². The van der Waals surface area contributed by atoms with Gasteiger partial charge in [0.1, 0.15) is 11.5 Å². The van der Waals surface area contributed by atoms with E-state index in [2.05, 4.69) is 10.2 Å². The average Bonchev–Trinajstić information content (AvgIpc) is 2.96. The van der Waals surface area contributed by atoms with Crippen LogP contribution >= 0.6 is 11.0 Å². The van der Waals surface area contributed by atoms with Crippen LogP contribution in [0, 0.1) is 5.82 Å². The molecule has 0 saturated carbocycles. The van der Waals surface area contributed by atoms with E-state index in [4.69, 9.17) is 5.11 Å². The standard InChI is InChI=1S/C21H27FN4O4S/c22-17-6-1-2-7-18(17)26-20-9-4-3-8-19(20)25(31(26,29)30)13-5-12-24-14-10-16(11-15-24)23-21(27)28/h1-4,6-9,16,23,29-30H,5,10-15H2,(H,27,28). The third-order valence-electron chi connectivity index (χ3n) is 5.73. The highest BCUT2D eigenvalue weighted by Gasteiger charge is 2.42. The van der Waals surface area contributed by atoms with Crippen molar-refractivity contribution in [1.29, 1.82) is 0 Å². The summed E-state index contributed by atoms with van der Waals surface area (Å²) in [5.41, 5.74) is 1.36. The van der Waals surface area contributed by atoms with Crippen molar-refractivity contribution in [1.82, 2.24) is 10.2 Å². The topological polar surface area (TPSA) is 99.5 Å². The minimum absolute atomic E-state index is 0.0134. The third-order valence-corrected chi connectivity index (χ3v) is 7.59. The Morgan fingerprint density at radius 1 is 1.00 bits per heavy atom. The van der Waals surface area contributed by atoms with Gasteiger partial charge in [0.15, 0.2) is 0 Å². The number of piperidine rings is 1. The molecule has 4 rings (SSSR count). The second-order valence-corrected chi connectivity index (χ2v) is 9.53. The van der Waals surface area contributed by atoms with E-state index in [0.29, 0.717) is 24.3 Å². The zero-order chi connectivity index (χ0) is 22.0. The van der Waals surface area contributed by atoms with Crippen molar-refractivity contribution in [3.05, 3.63) is 54.3 Å². The summed E-state index contributed by atoms with van der Waals surface area (Å²) in [5, 5.41) is 11.4. The zero-order valence-corrected chi connectivity index (χ0v) is 17.8. The molecule has 0 aromatic heterocycles. The van der Waals surface area contributed by atoms with Crippen molar-refractivity contribution < 1.29 is 23.4 Å². The predicted molar refractivity (Wildman–Crippen MR) is 120 cm³/mol. The van der Waals surface area contributed by atoms with Crippen molar-refractivity contribution in [3.8, 4) is 0 Å². The number of amides is 1. The molecule has 2 aliphatic heterocycles. The van der Waals surface area contributed by atoms with Crippen LogP contribution in [0.25, 0.3) is 0 Å². The quantitative estimate of drug-likeness (QED) is 0.515. The lowest BCUT2D eigenvalue weighted by molar-refractivity contribution is 0.168. The maximum Gasteiger partial charge on any atom is 0.404 e. The highest BCUT2D eigenvalue weighted by molar-refractivity contribution is 8.27. The van der Waals surface area contributed by atoms with Crippen LogP contribution in [-0.2, 0) is 0 Å². The molecule has 1 saturated heterocycles. The Hall–Kier alpha value is -2.53. The van der Waals surface area contributed by atoms with E-state index in [1.165, 1.54) is 10.4 Å². The molecule has 1 fully saturated rings. The summed E-state index contributed by atoms with van der Waals surface area (Å²) in [6.07, 6.45) is 1.21. The largest absolute Gasteiger partial charge is 0.465 e. The summed E-state index contributed by atoms with van der Waals surface area (Å²) in [6.45, 7) is 2.74. The SMILES string of the molecule is O=C(O)NC1CCN(CCCN2c3ccccc3N(c3ccccc3F)S2(O)O)CC1. The lowest BCUT2D eigenvalue weighted by Crippen LogP contribution is -2.44. The van der Waals surface area contributed by atoms with Crippen LogP contribution in [0.1, 0.15) is 19.3 Å².